The highest BCUT2D eigenvalue weighted by molar-refractivity contribution is 7.14. The van der Waals surface area contributed by atoms with Crippen LogP contribution in [0.2, 0.25) is 0 Å². The third-order valence-corrected chi connectivity index (χ3v) is 5.00. The van der Waals surface area contributed by atoms with Crippen molar-refractivity contribution < 1.29 is 19.2 Å². The maximum absolute atomic E-state index is 12.1. The molecule has 0 atom stereocenters. The smallest absolute Gasteiger partial charge is 0.270 e. The first-order valence-electron chi connectivity index (χ1n) is 8.57. The molecular weight excluding hydrogens is 394 g/mol. The fraction of sp³-hybridized carbons (Fsp3) is 0.150. The van der Waals surface area contributed by atoms with Crippen molar-refractivity contribution in [1.29, 1.82) is 0 Å². The number of hydrogen-bond acceptors (Lipinski definition) is 7. The third-order valence-electron chi connectivity index (χ3n) is 4.24. The summed E-state index contributed by atoms with van der Waals surface area (Å²) in [6, 6.07) is 9.62. The predicted molar refractivity (Wildman–Crippen MR) is 110 cm³/mol. The Morgan fingerprint density at radius 2 is 2.03 bits per heavy atom. The molecule has 0 radical (unpaired) electrons. The molecule has 1 heterocycles. The molecule has 1 N–H and O–H groups in total. The summed E-state index contributed by atoms with van der Waals surface area (Å²) >= 11 is 1.29. The van der Waals surface area contributed by atoms with Gasteiger partial charge in [0.05, 0.1) is 16.2 Å². The molecule has 0 bridgehead atoms. The maximum Gasteiger partial charge on any atom is 0.270 e. The van der Waals surface area contributed by atoms with E-state index in [-0.39, 0.29) is 23.6 Å². The van der Waals surface area contributed by atoms with Gasteiger partial charge in [0.1, 0.15) is 5.75 Å². The van der Waals surface area contributed by atoms with Crippen molar-refractivity contribution in [2.24, 2.45) is 0 Å². The molecule has 148 valence electrons. The fourth-order valence-corrected chi connectivity index (χ4v) is 3.27. The fourth-order valence-electron chi connectivity index (χ4n) is 2.54. The van der Waals surface area contributed by atoms with Crippen molar-refractivity contribution in [2.75, 3.05) is 11.9 Å². The summed E-state index contributed by atoms with van der Waals surface area (Å²) in [4.78, 5) is 37.8. The zero-order valence-corrected chi connectivity index (χ0v) is 16.5. The Labute approximate surface area is 170 Å². The molecule has 1 aromatic heterocycles. The van der Waals surface area contributed by atoms with Crippen LogP contribution in [0.1, 0.15) is 21.5 Å². The number of thiazole rings is 1. The van der Waals surface area contributed by atoms with Crippen LogP contribution < -0.4 is 10.1 Å². The van der Waals surface area contributed by atoms with Crippen molar-refractivity contribution >= 4 is 34.3 Å². The zero-order valence-electron chi connectivity index (χ0n) is 15.7. The van der Waals surface area contributed by atoms with E-state index in [2.05, 4.69) is 10.3 Å². The van der Waals surface area contributed by atoms with E-state index in [4.69, 9.17) is 4.74 Å². The van der Waals surface area contributed by atoms with Gasteiger partial charge in [0.15, 0.2) is 18.0 Å². The van der Waals surface area contributed by atoms with Crippen LogP contribution in [-0.2, 0) is 4.79 Å². The second-order valence-electron chi connectivity index (χ2n) is 6.27. The van der Waals surface area contributed by atoms with Gasteiger partial charge in [0.2, 0.25) is 0 Å². The summed E-state index contributed by atoms with van der Waals surface area (Å²) in [6.45, 7) is 3.70. The third kappa shape index (κ3) is 4.82. The summed E-state index contributed by atoms with van der Waals surface area (Å²) in [6.07, 6.45) is 0.441. The molecule has 0 saturated carbocycles. The van der Waals surface area contributed by atoms with Gasteiger partial charge in [-0.15, -0.1) is 11.3 Å². The van der Waals surface area contributed by atoms with E-state index in [0.29, 0.717) is 11.4 Å². The number of nitrogens with zero attached hydrogens (tertiary/aromatic N) is 2. The van der Waals surface area contributed by atoms with E-state index in [1.54, 1.807) is 0 Å². The molecule has 0 aliphatic rings. The number of carbonyl (C=O) groups is 2. The van der Waals surface area contributed by atoms with Gasteiger partial charge in [0.25, 0.3) is 11.6 Å². The van der Waals surface area contributed by atoms with Crippen LogP contribution in [0.4, 0.5) is 10.8 Å². The number of nitro groups is 1. The molecule has 0 unspecified atom stereocenters. The Morgan fingerprint density at radius 3 is 2.72 bits per heavy atom. The number of nitrogens with one attached hydrogen (secondary N) is 1. The minimum Gasteiger partial charge on any atom is -0.483 e. The van der Waals surface area contributed by atoms with Gasteiger partial charge < -0.3 is 4.74 Å². The van der Waals surface area contributed by atoms with Crippen LogP contribution in [0.15, 0.2) is 41.8 Å². The molecule has 2 aromatic carbocycles. The summed E-state index contributed by atoms with van der Waals surface area (Å²) in [7, 11) is 0. The lowest BCUT2D eigenvalue weighted by atomic mass is 10.1. The largest absolute Gasteiger partial charge is 0.483 e. The van der Waals surface area contributed by atoms with Gasteiger partial charge in [-0.05, 0) is 37.1 Å². The number of aldehydes is 1. The summed E-state index contributed by atoms with van der Waals surface area (Å²) in [5, 5.41) is 15.7. The normalized spacial score (nSPS) is 10.4. The lowest BCUT2D eigenvalue weighted by Crippen LogP contribution is -2.20. The maximum atomic E-state index is 12.1. The number of anilines is 1. The molecular formula is C20H17N3O5S. The van der Waals surface area contributed by atoms with Gasteiger partial charge >= 0.3 is 0 Å². The average molecular weight is 411 g/mol. The molecule has 0 saturated heterocycles. The highest BCUT2D eigenvalue weighted by Crippen LogP contribution is 2.27. The van der Waals surface area contributed by atoms with Crippen LogP contribution >= 0.6 is 11.3 Å². The second kappa shape index (κ2) is 8.61. The predicted octanol–water partition coefficient (Wildman–Crippen LogP) is 4.17. The molecule has 1 amide bonds. The van der Waals surface area contributed by atoms with Crippen molar-refractivity contribution in [3.8, 4) is 17.0 Å². The van der Waals surface area contributed by atoms with Gasteiger partial charge in [-0.3, -0.25) is 25.0 Å². The van der Waals surface area contributed by atoms with Crippen LogP contribution in [-0.4, -0.2) is 28.7 Å². The van der Waals surface area contributed by atoms with Crippen LogP contribution in [0.3, 0.4) is 0 Å². The minimum atomic E-state index is -0.612. The Balaban J connectivity index is 1.63. The number of ether oxygens (including phenoxy) is 1. The van der Waals surface area contributed by atoms with Crippen LogP contribution in [0.25, 0.3) is 11.3 Å². The minimum absolute atomic E-state index is 0.00160. The number of nitro benzene ring substituents is 1. The van der Waals surface area contributed by atoms with Gasteiger partial charge in [-0.25, -0.2) is 4.98 Å². The van der Waals surface area contributed by atoms with Crippen LogP contribution in [0.5, 0.6) is 5.75 Å². The van der Waals surface area contributed by atoms with Crippen molar-refractivity contribution in [2.45, 2.75) is 13.8 Å². The summed E-state index contributed by atoms with van der Waals surface area (Å²) < 4.78 is 5.33. The Hall–Kier alpha value is -3.59. The topological polar surface area (TPSA) is 111 Å². The molecule has 0 aliphatic heterocycles. The molecule has 29 heavy (non-hydrogen) atoms. The van der Waals surface area contributed by atoms with E-state index in [1.807, 2.05) is 37.4 Å². The first-order valence-corrected chi connectivity index (χ1v) is 9.45. The first kappa shape index (κ1) is 20.2. The van der Waals surface area contributed by atoms with Gasteiger partial charge in [0, 0.05) is 23.1 Å². The molecule has 0 fully saturated rings. The van der Waals surface area contributed by atoms with E-state index in [0.717, 1.165) is 22.9 Å². The van der Waals surface area contributed by atoms with E-state index < -0.39 is 10.8 Å². The number of hydrogen-bond donors (Lipinski definition) is 1. The van der Waals surface area contributed by atoms with Crippen molar-refractivity contribution in [3.05, 3.63) is 68.6 Å². The molecule has 9 heteroatoms. The number of amides is 1. The van der Waals surface area contributed by atoms with Crippen LogP contribution in [0, 0.1) is 24.0 Å². The SMILES string of the molecule is Cc1ccc(-c2csc(NC(=O)COc3ccc([N+](=O)[O-])cc3C=O)n2)cc1C. The highest BCUT2D eigenvalue weighted by Gasteiger charge is 2.14. The lowest BCUT2D eigenvalue weighted by molar-refractivity contribution is -0.384. The second-order valence-corrected chi connectivity index (χ2v) is 7.13. The molecule has 8 nitrogen and oxygen atoms in total. The average Bonchev–Trinajstić information content (AvgIpc) is 3.16. The van der Waals surface area contributed by atoms with Gasteiger partial charge in [-0.1, -0.05) is 12.1 Å². The quantitative estimate of drug-likeness (QED) is 0.355. The zero-order chi connectivity index (χ0) is 21.0. The summed E-state index contributed by atoms with van der Waals surface area (Å²) in [5.41, 5.74) is 3.83. The number of rotatable bonds is 7. The Kier molecular flexibility index (Phi) is 5.99. The number of aromatic nitrogens is 1. The number of aryl methyl sites for hydroxylation is 2. The highest BCUT2D eigenvalue weighted by atomic mass is 32.1. The van der Waals surface area contributed by atoms with E-state index >= 15 is 0 Å². The number of non-ortho nitro benzene ring substituents is 1. The van der Waals surface area contributed by atoms with Crippen molar-refractivity contribution in [3.63, 3.8) is 0 Å². The molecule has 0 spiro atoms. The molecule has 3 rings (SSSR count). The number of carbonyl (C=O) groups excluding carboxylic acids is 2. The first-order chi connectivity index (χ1) is 13.9. The number of benzene rings is 2. The standard InChI is InChI=1S/C20H17N3O5S/c1-12-3-4-14(7-13(12)2)17-11-29-20(21-17)22-19(25)10-28-18-6-5-16(23(26)27)8-15(18)9-24/h3-9,11H,10H2,1-2H3,(H,21,22,25). The van der Waals surface area contributed by atoms with E-state index in [9.17, 15) is 19.7 Å². The van der Waals surface area contributed by atoms with E-state index in [1.165, 1.54) is 29.0 Å². The monoisotopic (exact) mass is 411 g/mol. The van der Waals surface area contributed by atoms with Gasteiger partial charge in [-0.2, -0.15) is 0 Å². The lowest BCUT2D eigenvalue weighted by Gasteiger charge is -2.07. The Morgan fingerprint density at radius 1 is 1.24 bits per heavy atom. The molecule has 3 aromatic rings. The van der Waals surface area contributed by atoms with Crippen molar-refractivity contribution in [1.82, 2.24) is 4.98 Å². The molecule has 0 aliphatic carbocycles. The Bertz CT molecular complexity index is 1090. The summed E-state index contributed by atoms with van der Waals surface area (Å²) in [5.74, 6) is -0.364.